The third kappa shape index (κ3) is 3.97. The van der Waals surface area contributed by atoms with Crippen molar-refractivity contribution in [3.8, 4) is 0 Å². The standard InChI is InChI=1S/C13H23NO2/c1-3-11(13(15)16)7-8-14-9-12-6-4-5-10(12)2/h7,10,12,14H,3-6,8-9H2,1-2H3,(H,15,16). The Morgan fingerprint density at radius 3 is 2.75 bits per heavy atom. The van der Waals surface area contributed by atoms with Gasteiger partial charge in [0.05, 0.1) is 0 Å². The molecular formula is C13H23NO2. The molecule has 3 heteroatoms. The lowest BCUT2D eigenvalue weighted by atomic mass is 9.98. The van der Waals surface area contributed by atoms with Crippen LogP contribution >= 0.6 is 0 Å². The Morgan fingerprint density at radius 1 is 1.50 bits per heavy atom. The Balaban J connectivity index is 2.22. The van der Waals surface area contributed by atoms with E-state index in [4.69, 9.17) is 5.11 Å². The first-order valence-corrected chi connectivity index (χ1v) is 6.28. The first-order valence-electron chi connectivity index (χ1n) is 6.28. The molecule has 92 valence electrons. The maximum absolute atomic E-state index is 10.7. The minimum Gasteiger partial charge on any atom is -0.478 e. The van der Waals surface area contributed by atoms with Gasteiger partial charge in [-0.2, -0.15) is 0 Å². The van der Waals surface area contributed by atoms with Crippen molar-refractivity contribution >= 4 is 5.97 Å². The Labute approximate surface area is 97.9 Å². The van der Waals surface area contributed by atoms with Crippen molar-refractivity contribution in [1.29, 1.82) is 0 Å². The maximum Gasteiger partial charge on any atom is 0.331 e. The van der Waals surface area contributed by atoms with Crippen LogP contribution in [0.15, 0.2) is 11.6 Å². The van der Waals surface area contributed by atoms with Gasteiger partial charge in [0.1, 0.15) is 0 Å². The van der Waals surface area contributed by atoms with E-state index in [0.717, 1.165) is 18.4 Å². The number of aliphatic carboxylic acids is 1. The average Bonchev–Trinajstić information content (AvgIpc) is 2.64. The molecule has 16 heavy (non-hydrogen) atoms. The van der Waals surface area contributed by atoms with Crippen molar-refractivity contribution in [2.45, 2.75) is 39.5 Å². The van der Waals surface area contributed by atoms with E-state index in [0.29, 0.717) is 18.5 Å². The van der Waals surface area contributed by atoms with Crippen LogP contribution in [0.4, 0.5) is 0 Å². The summed E-state index contributed by atoms with van der Waals surface area (Å²) in [5.41, 5.74) is 0.506. The topological polar surface area (TPSA) is 49.3 Å². The van der Waals surface area contributed by atoms with Gasteiger partial charge in [-0.1, -0.05) is 32.8 Å². The van der Waals surface area contributed by atoms with Gasteiger partial charge in [-0.05, 0) is 31.2 Å². The molecule has 0 bridgehead atoms. The van der Waals surface area contributed by atoms with E-state index in [1.54, 1.807) is 6.08 Å². The van der Waals surface area contributed by atoms with Crippen LogP contribution in [0, 0.1) is 11.8 Å². The van der Waals surface area contributed by atoms with E-state index < -0.39 is 5.97 Å². The second kappa shape index (κ2) is 6.69. The molecule has 1 saturated carbocycles. The van der Waals surface area contributed by atoms with Crippen LogP contribution in [0.2, 0.25) is 0 Å². The number of carboxylic acid groups (broad SMARTS) is 1. The Bertz CT molecular complexity index is 261. The van der Waals surface area contributed by atoms with Crippen LogP contribution < -0.4 is 5.32 Å². The molecule has 0 aromatic rings. The van der Waals surface area contributed by atoms with Crippen LogP contribution in [0.3, 0.4) is 0 Å². The quantitative estimate of drug-likeness (QED) is 0.539. The Hall–Kier alpha value is -0.830. The number of nitrogens with one attached hydrogen (secondary N) is 1. The molecule has 3 nitrogen and oxygen atoms in total. The predicted molar refractivity (Wildman–Crippen MR) is 65.4 cm³/mol. The minimum atomic E-state index is -0.793. The van der Waals surface area contributed by atoms with E-state index >= 15 is 0 Å². The molecule has 0 spiro atoms. The second-order valence-electron chi connectivity index (χ2n) is 4.71. The van der Waals surface area contributed by atoms with Crippen molar-refractivity contribution in [3.05, 3.63) is 11.6 Å². The zero-order valence-electron chi connectivity index (χ0n) is 10.3. The molecule has 0 aromatic heterocycles. The van der Waals surface area contributed by atoms with Gasteiger partial charge < -0.3 is 10.4 Å². The van der Waals surface area contributed by atoms with Crippen LogP contribution in [0.1, 0.15) is 39.5 Å². The average molecular weight is 225 g/mol. The number of carboxylic acids is 1. The van der Waals surface area contributed by atoms with Crippen molar-refractivity contribution < 1.29 is 9.90 Å². The molecule has 0 aromatic carbocycles. The summed E-state index contributed by atoms with van der Waals surface area (Å²) in [6.45, 7) is 5.88. The number of rotatable bonds is 6. The van der Waals surface area contributed by atoms with Crippen molar-refractivity contribution in [2.75, 3.05) is 13.1 Å². The summed E-state index contributed by atoms with van der Waals surface area (Å²) in [5, 5.41) is 12.2. The first kappa shape index (κ1) is 13.2. The summed E-state index contributed by atoms with van der Waals surface area (Å²) < 4.78 is 0. The highest BCUT2D eigenvalue weighted by atomic mass is 16.4. The molecule has 0 saturated heterocycles. The van der Waals surface area contributed by atoms with E-state index in [2.05, 4.69) is 12.2 Å². The fourth-order valence-electron chi connectivity index (χ4n) is 2.37. The first-order chi connectivity index (χ1) is 7.65. The molecular weight excluding hydrogens is 202 g/mol. The number of carbonyl (C=O) groups is 1. The molecule has 1 rings (SSSR count). The van der Waals surface area contributed by atoms with Gasteiger partial charge in [0.2, 0.25) is 0 Å². The zero-order valence-corrected chi connectivity index (χ0v) is 10.3. The molecule has 2 unspecified atom stereocenters. The SMILES string of the molecule is CCC(=CCNCC1CCCC1C)C(=O)O. The predicted octanol–water partition coefficient (Wildman–Crippen LogP) is 2.43. The Morgan fingerprint density at radius 2 is 2.25 bits per heavy atom. The minimum absolute atomic E-state index is 0.506. The monoisotopic (exact) mass is 225 g/mol. The molecule has 1 fully saturated rings. The molecule has 0 heterocycles. The lowest BCUT2D eigenvalue weighted by Gasteiger charge is -2.15. The largest absolute Gasteiger partial charge is 0.478 e. The fourth-order valence-corrected chi connectivity index (χ4v) is 2.37. The molecule has 1 aliphatic carbocycles. The third-order valence-corrected chi connectivity index (χ3v) is 3.59. The highest BCUT2D eigenvalue weighted by Crippen LogP contribution is 2.30. The van der Waals surface area contributed by atoms with Gasteiger partial charge in [0, 0.05) is 12.1 Å². The van der Waals surface area contributed by atoms with Crippen LogP contribution in [0.25, 0.3) is 0 Å². The smallest absolute Gasteiger partial charge is 0.331 e. The highest BCUT2D eigenvalue weighted by molar-refractivity contribution is 5.86. The van der Waals surface area contributed by atoms with Crippen molar-refractivity contribution in [2.24, 2.45) is 11.8 Å². The molecule has 0 amide bonds. The summed E-state index contributed by atoms with van der Waals surface area (Å²) in [6, 6.07) is 0. The van der Waals surface area contributed by atoms with Gasteiger partial charge in [0.25, 0.3) is 0 Å². The summed E-state index contributed by atoms with van der Waals surface area (Å²) >= 11 is 0. The van der Waals surface area contributed by atoms with E-state index in [1.807, 2.05) is 6.92 Å². The highest BCUT2D eigenvalue weighted by Gasteiger charge is 2.22. The van der Waals surface area contributed by atoms with Gasteiger partial charge in [-0.25, -0.2) is 4.79 Å². The van der Waals surface area contributed by atoms with Gasteiger partial charge in [-0.15, -0.1) is 0 Å². The maximum atomic E-state index is 10.7. The van der Waals surface area contributed by atoms with Crippen LogP contribution in [0.5, 0.6) is 0 Å². The van der Waals surface area contributed by atoms with Gasteiger partial charge in [0.15, 0.2) is 0 Å². The summed E-state index contributed by atoms with van der Waals surface area (Å²) in [5.74, 6) is 0.809. The lowest BCUT2D eigenvalue weighted by molar-refractivity contribution is -0.132. The summed E-state index contributed by atoms with van der Waals surface area (Å²) in [4.78, 5) is 10.7. The molecule has 2 atom stereocenters. The number of hydrogen-bond acceptors (Lipinski definition) is 2. The third-order valence-electron chi connectivity index (χ3n) is 3.59. The van der Waals surface area contributed by atoms with E-state index in [9.17, 15) is 4.79 Å². The fraction of sp³-hybridized carbons (Fsp3) is 0.769. The molecule has 0 aliphatic heterocycles. The number of hydrogen-bond donors (Lipinski definition) is 2. The van der Waals surface area contributed by atoms with Gasteiger partial charge in [-0.3, -0.25) is 0 Å². The van der Waals surface area contributed by atoms with E-state index in [1.165, 1.54) is 19.3 Å². The van der Waals surface area contributed by atoms with E-state index in [-0.39, 0.29) is 0 Å². The van der Waals surface area contributed by atoms with Gasteiger partial charge >= 0.3 is 5.97 Å². The normalized spacial score (nSPS) is 26.0. The second-order valence-corrected chi connectivity index (χ2v) is 4.71. The van der Waals surface area contributed by atoms with Crippen molar-refractivity contribution in [3.63, 3.8) is 0 Å². The van der Waals surface area contributed by atoms with Crippen molar-refractivity contribution in [1.82, 2.24) is 5.32 Å². The molecule has 1 aliphatic rings. The Kier molecular flexibility index (Phi) is 5.53. The summed E-state index contributed by atoms with van der Waals surface area (Å²) in [7, 11) is 0. The molecule has 2 N–H and O–H groups in total. The van der Waals surface area contributed by atoms with Crippen LogP contribution in [-0.2, 0) is 4.79 Å². The summed E-state index contributed by atoms with van der Waals surface area (Å²) in [6.07, 6.45) is 6.40. The molecule has 0 radical (unpaired) electrons. The zero-order chi connectivity index (χ0) is 12.0. The lowest BCUT2D eigenvalue weighted by Crippen LogP contribution is -2.24. The van der Waals surface area contributed by atoms with Crippen LogP contribution in [-0.4, -0.2) is 24.2 Å².